The van der Waals surface area contributed by atoms with Crippen LogP contribution in [0.15, 0.2) is 48.5 Å². The molecule has 4 nitrogen and oxygen atoms in total. The van der Waals surface area contributed by atoms with Gasteiger partial charge in [0.1, 0.15) is 5.75 Å². The lowest BCUT2D eigenvalue weighted by Crippen LogP contribution is -2.44. The van der Waals surface area contributed by atoms with Gasteiger partial charge in [-0.15, -0.1) is 0 Å². The Morgan fingerprint density at radius 2 is 1.95 bits per heavy atom. The van der Waals surface area contributed by atoms with Crippen molar-refractivity contribution in [3.05, 3.63) is 59.7 Å². The summed E-state index contributed by atoms with van der Waals surface area (Å²) in [5.41, 5.74) is 3.06. The number of rotatable bonds is 2. The smallest absolute Gasteiger partial charge is 0.241 e. The Morgan fingerprint density at radius 1 is 1.15 bits per heavy atom. The van der Waals surface area contributed by atoms with E-state index in [1.165, 1.54) is 17.2 Å². The van der Waals surface area contributed by atoms with E-state index in [1.807, 2.05) is 12.1 Å². The van der Waals surface area contributed by atoms with Crippen molar-refractivity contribution in [2.24, 2.45) is 0 Å². The van der Waals surface area contributed by atoms with Crippen molar-refractivity contribution in [1.29, 1.82) is 0 Å². The largest absolute Gasteiger partial charge is 0.508 e. The molecule has 0 radical (unpaired) electrons. The Bertz CT molecular complexity index is 640. The second-order valence-corrected chi connectivity index (χ2v) is 4.95. The van der Waals surface area contributed by atoms with Crippen molar-refractivity contribution in [3.8, 4) is 5.75 Å². The predicted molar refractivity (Wildman–Crippen MR) is 77.5 cm³/mol. The van der Waals surface area contributed by atoms with Crippen LogP contribution in [0.4, 0.5) is 5.69 Å². The van der Waals surface area contributed by atoms with Gasteiger partial charge in [0, 0.05) is 18.3 Å². The van der Waals surface area contributed by atoms with E-state index in [0.29, 0.717) is 18.7 Å². The Kier molecular flexibility index (Phi) is 3.39. The zero-order chi connectivity index (χ0) is 13.9. The molecule has 0 saturated carbocycles. The number of hydrogen-bond acceptors (Lipinski definition) is 3. The molecule has 1 atom stereocenters. The molecular weight excluding hydrogens is 252 g/mol. The van der Waals surface area contributed by atoms with Crippen molar-refractivity contribution in [2.75, 3.05) is 5.32 Å². The Hall–Kier alpha value is -2.33. The lowest BCUT2D eigenvalue weighted by atomic mass is 9.95. The molecule has 3 rings (SSSR count). The van der Waals surface area contributed by atoms with Crippen LogP contribution in [0.1, 0.15) is 11.1 Å². The van der Waals surface area contributed by atoms with Gasteiger partial charge in [0.25, 0.3) is 0 Å². The summed E-state index contributed by atoms with van der Waals surface area (Å²) in [6.07, 6.45) is 0.681. The van der Waals surface area contributed by atoms with Gasteiger partial charge in [-0.25, -0.2) is 0 Å². The highest BCUT2D eigenvalue weighted by Crippen LogP contribution is 2.19. The zero-order valence-electron chi connectivity index (χ0n) is 11.0. The summed E-state index contributed by atoms with van der Waals surface area (Å²) in [6, 6.07) is 14.5. The van der Waals surface area contributed by atoms with Gasteiger partial charge < -0.3 is 15.7 Å². The molecule has 0 saturated heterocycles. The zero-order valence-corrected chi connectivity index (χ0v) is 11.0. The molecule has 0 spiro atoms. The molecule has 2 aromatic rings. The fraction of sp³-hybridized carbons (Fsp3) is 0.188. The van der Waals surface area contributed by atoms with Crippen LogP contribution in [0.3, 0.4) is 0 Å². The fourth-order valence-corrected chi connectivity index (χ4v) is 2.45. The number of phenolic OH excluding ortho intramolecular Hbond substituents is 1. The van der Waals surface area contributed by atoms with E-state index in [0.717, 1.165) is 0 Å². The normalized spacial score (nSPS) is 17.3. The fourth-order valence-electron chi connectivity index (χ4n) is 2.45. The molecule has 20 heavy (non-hydrogen) atoms. The lowest BCUT2D eigenvalue weighted by Gasteiger charge is -2.25. The number of amides is 1. The van der Waals surface area contributed by atoms with Crippen molar-refractivity contribution in [3.63, 3.8) is 0 Å². The molecule has 102 valence electrons. The second kappa shape index (κ2) is 5.35. The highest BCUT2D eigenvalue weighted by Gasteiger charge is 2.23. The number of nitrogens with one attached hydrogen (secondary N) is 2. The molecule has 1 aliphatic rings. The van der Waals surface area contributed by atoms with Gasteiger partial charge in [-0.1, -0.05) is 30.3 Å². The topological polar surface area (TPSA) is 61.4 Å². The summed E-state index contributed by atoms with van der Waals surface area (Å²) in [7, 11) is 0. The van der Waals surface area contributed by atoms with Crippen LogP contribution in [-0.4, -0.2) is 17.1 Å². The van der Waals surface area contributed by atoms with Gasteiger partial charge in [0.05, 0.1) is 6.04 Å². The quantitative estimate of drug-likeness (QED) is 0.781. The first-order valence-electron chi connectivity index (χ1n) is 6.62. The number of phenols is 1. The minimum atomic E-state index is -0.243. The van der Waals surface area contributed by atoms with E-state index < -0.39 is 0 Å². The highest BCUT2D eigenvalue weighted by molar-refractivity contribution is 5.95. The summed E-state index contributed by atoms with van der Waals surface area (Å²) in [4.78, 5) is 12.2. The van der Waals surface area contributed by atoms with Gasteiger partial charge in [0.2, 0.25) is 5.91 Å². The minimum Gasteiger partial charge on any atom is -0.508 e. The Morgan fingerprint density at radius 3 is 2.75 bits per heavy atom. The predicted octanol–water partition coefficient (Wildman–Crippen LogP) is 2.05. The summed E-state index contributed by atoms with van der Waals surface area (Å²) in [6.45, 7) is 0.703. The van der Waals surface area contributed by atoms with Crippen LogP contribution in [0.2, 0.25) is 0 Å². The molecule has 1 aliphatic heterocycles. The monoisotopic (exact) mass is 268 g/mol. The van der Waals surface area contributed by atoms with E-state index in [-0.39, 0.29) is 17.7 Å². The Balaban J connectivity index is 1.70. The first kappa shape index (κ1) is 12.7. The van der Waals surface area contributed by atoms with E-state index in [9.17, 15) is 9.90 Å². The van der Waals surface area contributed by atoms with Crippen LogP contribution in [0, 0.1) is 0 Å². The van der Waals surface area contributed by atoms with Crippen LogP contribution < -0.4 is 10.6 Å². The first-order valence-corrected chi connectivity index (χ1v) is 6.62. The van der Waals surface area contributed by atoms with Crippen LogP contribution in [0.25, 0.3) is 0 Å². The average Bonchev–Trinajstić information content (AvgIpc) is 2.47. The average molecular weight is 268 g/mol. The molecule has 2 aromatic carbocycles. The standard InChI is InChI=1S/C16H16N2O2/c19-14-7-3-6-13(9-14)18-16(20)15-8-11-4-1-2-5-12(11)10-17-15/h1-7,9,15,17,19H,8,10H2,(H,18,20). The number of fused-ring (bicyclic) bond motifs is 1. The molecular formula is C16H16N2O2. The maximum absolute atomic E-state index is 12.2. The third kappa shape index (κ3) is 2.65. The number of benzene rings is 2. The summed E-state index contributed by atoms with van der Waals surface area (Å²) >= 11 is 0. The van der Waals surface area contributed by atoms with E-state index >= 15 is 0 Å². The number of aromatic hydroxyl groups is 1. The minimum absolute atomic E-state index is 0.0786. The molecule has 0 fully saturated rings. The molecule has 0 aliphatic carbocycles. The van der Waals surface area contributed by atoms with Gasteiger partial charge in [0.15, 0.2) is 0 Å². The first-order chi connectivity index (χ1) is 9.72. The van der Waals surface area contributed by atoms with Crippen LogP contribution in [-0.2, 0) is 17.8 Å². The highest BCUT2D eigenvalue weighted by atomic mass is 16.3. The molecule has 0 aromatic heterocycles. The van der Waals surface area contributed by atoms with Crippen molar-refractivity contribution >= 4 is 11.6 Å². The number of carbonyl (C=O) groups excluding carboxylic acids is 1. The van der Waals surface area contributed by atoms with E-state index in [1.54, 1.807) is 18.2 Å². The van der Waals surface area contributed by atoms with Crippen molar-refractivity contribution < 1.29 is 9.90 Å². The molecule has 0 bridgehead atoms. The number of carbonyl (C=O) groups is 1. The third-order valence-electron chi connectivity index (χ3n) is 3.51. The maximum Gasteiger partial charge on any atom is 0.241 e. The molecule has 1 amide bonds. The third-order valence-corrected chi connectivity index (χ3v) is 3.51. The summed E-state index contributed by atoms with van der Waals surface area (Å²) in [5.74, 6) is 0.0647. The summed E-state index contributed by atoms with van der Waals surface area (Å²) < 4.78 is 0. The summed E-state index contributed by atoms with van der Waals surface area (Å²) in [5, 5.41) is 15.5. The molecule has 3 N–H and O–H groups in total. The van der Waals surface area contributed by atoms with E-state index in [4.69, 9.17) is 0 Å². The van der Waals surface area contributed by atoms with Crippen molar-refractivity contribution in [2.45, 2.75) is 19.0 Å². The second-order valence-electron chi connectivity index (χ2n) is 4.95. The van der Waals surface area contributed by atoms with Crippen LogP contribution in [0.5, 0.6) is 5.75 Å². The van der Waals surface area contributed by atoms with Gasteiger partial charge in [-0.2, -0.15) is 0 Å². The number of anilines is 1. The lowest BCUT2D eigenvalue weighted by molar-refractivity contribution is -0.118. The molecule has 1 unspecified atom stereocenters. The van der Waals surface area contributed by atoms with Crippen LogP contribution >= 0.6 is 0 Å². The van der Waals surface area contributed by atoms with Gasteiger partial charge in [-0.3, -0.25) is 4.79 Å². The van der Waals surface area contributed by atoms with E-state index in [2.05, 4.69) is 22.8 Å². The Labute approximate surface area is 117 Å². The molecule has 4 heteroatoms. The van der Waals surface area contributed by atoms with Crippen molar-refractivity contribution in [1.82, 2.24) is 5.32 Å². The molecule has 1 heterocycles. The number of hydrogen-bond donors (Lipinski definition) is 3. The van der Waals surface area contributed by atoms with Gasteiger partial charge >= 0.3 is 0 Å². The SMILES string of the molecule is O=C(Nc1cccc(O)c1)C1Cc2ccccc2CN1. The maximum atomic E-state index is 12.2. The van der Waals surface area contributed by atoms with Gasteiger partial charge in [-0.05, 0) is 29.7 Å².